The lowest BCUT2D eigenvalue weighted by molar-refractivity contribution is -0.118. The molecule has 0 saturated carbocycles. The fourth-order valence-corrected chi connectivity index (χ4v) is 2.37. The minimum atomic E-state index is -0.0969. The van der Waals surface area contributed by atoms with Crippen LogP contribution in [0.1, 0.15) is 13.8 Å². The van der Waals surface area contributed by atoms with Gasteiger partial charge in [0, 0.05) is 11.5 Å². The molecule has 0 saturated heterocycles. The summed E-state index contributed by atoms with van der Waals surface area (Å²) >= 11 is 1.26. The van der Waals surface area contributed by atoms with E-state index in [1.54, 1.807) is 7.11 Å². The van der Waals surface area contributed by atoms with Crippen molar-refractivity contribution in [3.63, 3.8) is 0 Å². The third-order valence-corrected chi connectivity index (χ3v) is 3.55. The normalized spacial score (nSPS) is 10.6. The number of ether oxygens (including phenoxy) is 1. The molecule has 1 amide bonds. The molecular weight excluding hydrogens is 274 g/mol. The molecule has 2 aromatic rings. The monoisotopic (exact) mass is 291 g/mol. The Morgan fingerprint density at radius 3 is 2.85 bits per heavy atom. The summed E-state index contributed by atoms with van der Waals surface area (Å²) < 4.78 is 5.18. The molecule has 1 aromatic heterocycles. The number of nitrogens with one attached hydrogen (secondary N) is 1. The summed E-state index contributed by atoms with van der Waals surface area (Å²) in [7, 11) is 1.61. The van der Waals surface area contributed by atoms with Crippen LogP contribution < -0.4 is 15.8 Å². The van der Waals surface area contributed by atoms with Gasteiger partial charge in [-0.3, -0.25) is 4.79 Å². The van der Waals surface area contributed by atoms with Gasteiger partial charge in [0.2, 0.25) is 5.91 Å². The predicted octanol–water partition coefficient (Wildman–Crippen LogP) is 3.00. The van der Waals surface area contributed by atoms with Crippen LogP contribution in [-0.2, 0) is 4.79 Å². The number of hydrogen-bond acceptors (Lipinski definition) is 5. The van der Waals surface area contributed by atoms with E-state index in [0.29, 0.717) is 15.8 Å². The largest absolute Gasteiger partial charge is 0.497 e. The highest BCUT2D eigenvalue weighted by Gasteiger charge is 2.14. The zero-order valence-corrected chi connectivity index (χ0v) is 12.5. The number of carbonyl (C=O) groups is 1. The van der Waals surface area contributed by atoms with Crippen LogP contribution in [-0.4, -0.2) is 18.0 Å². The van der Waals surface area contributed by atoms with Crippen LogP contribution in [0, 0.1) is 5.92 Å². The van der Waals surface area contributed by atoms with Crippen molar-refractivity contribution in [2.45, 2.75) is 13.8 Å². The van der Waals surface area contributed by atoms with Gasteiger partial charge in [0.25, 0.3) is 0 Å². The number of carbonyl (C=O) groups excluding carboxylic acids is 1. The second-order valence-corrected chi connectivity index (χ2v) is 5.64. The minimum Gasteiger partial charge on any atom is -0.497 e. The summed E-state index contributed by atoms with van der Waals surface area (Å²) in [6.45, 7) is 3.66. The van der Waals surface area contributed by atoms with Gasteiger partial charge in [0.15, 0.2) is 5.13 Å². The summed E-state index contributed by atoms with van der Waals surface area (Å²) in [5.74, 6) is 0.569. The van der Waals surface area contributed by atoms with E-state index in [9.17, 15) is 4.79 Å². The number of hydrogen-bond donors (Lipinski definition) is 2. The van der Waals surface area contributed by atoms with Gasteiger partial charge >= 0.3 is 0 Å². The first-order valence-electron chi connectivity index (χ1n) is 6.23. The number of nitrogens with two attached hydrogens (primary N) is 1. The van der Waals surface area contributed by atoms with Gasteiger partial charge in [0.05, 0.1) is 7.11 Å². The van der Waals surface area contributed by atoms with Gasteiger partial charge in [-0.25, -0.2) is 4.98 Å². The van der Waals surface area contributed by atoms with Crippen molar-refractivity contribution in [3.8, 4) is 17.0 Å². The molecule has 20 heavy (non-hydrogen) atoms. The van der Waals surface area contributed by atoms with E-state index in [1.807, 2.05) is 38.1 Å². The fourth-order valence-electron chi connectivity index (χ4n) is 1.61. The van der Waals surface area contributed by atoms with Crippen molar-refractivity contribution >= 4 is 27.4 Å². The number of nitrogens with zero attached hydrogens (tertiary/aromatic N) is 1. The summed E-state index contributed by atoms with van der Waals surface area (Å²) in [5, 5.41) is 3.84. The third-order valence-electron chi connectivity index (χ3n) is 2.75. The van der Waals surface area contributed by atoms with E-state index >= 15 is 0 Å². The first-order valence-corrected chi connectivity index (χ1v) is 7.04. The van der Waals surface area contributed by atoms with Crippen molar-refractivity contribution in [2.24, 2.45) is 5.92 Å². The lowest BCUT2D eigenvalue weighted by Crippen LogP contribution is -2.17. The van der Waals surface area contributed by atoms with E-state index in [1.165, 1.54) is 11.3 Å². The molecule has 2 rings (SSSR count). The van der Waals surface area contributed by atoms with Gasteiger partial charge < -0.3 is 15.8 Å². The number of methoxy groups -OCH3 is 1. The van der Waals surface area contributed by atoms with E-state index in [0.717, 1.165) is 11.3 Å². The van der Waals surface area contributed by atoms with Gasteiger partial charge in [-0.2, -0.15) is 0 Å². The Morgan fingerprint density at radius 1 is 1.45 bits per heavy atom. The molecule has 1 heterocycles. The first kappa shape index (κ1) is 14.3. The highest BCUT2D eigenvalue weighted by molar-refractivity contribution is 7.20. The van der Waals surface area contributed by atoms with Crippen LogP contribution in [0.15, 0.2) is 24.3 Å². The second-order valence-electron chi connectivity index (χ2n) is 4.61. The number of benzene rings is 1. The van der Waals surface area contributed by atoms with Crippen LogP contribution in [0.4, 0.5) is 10.1 Å². The molecular formula is C14H17N3O2S. The standard InChI is InChI=1S/C14H17N3O2S/c1-8(2)13(18)17-14-16-11(12(15)20-14)9-5-4-6-10(7-9)19-3/h4-8H,15H2,1-3H3,(H,16,17,18). The topological polar surface area (TPSA) is 77.2 Å². The van der Waals surface area contributed by atoms with Crippen molar-refractivity contribution in [2.75, 3.05) is 18.2 Å². The molecule has 0 aliphatic carbocycles. The Kier molecular flexibility index (Phi) is 4.24. The lowest BCUT2D eigenvalue weighted by atomic mass is 10.1. The molecule has 0 spiro atoms. The molecule has 0 aliphatic rings. The quantitative estimate of drug-likeness (QED) is 0.907. The number of rotatable bonds is 4. The highest BCUT2D eigenvalue weighted by Crippen LogP contribution is 2.34. The fraction of sp³-hybridized carbons (Fsp3) is 0.286. The van der Waals surface area contributed by atoms with Gasteiger partial charge in [-0.15, -0.1) is 0 Å². The van der Waals surface area contributed by atoms with Crippen LogP contribution >= 0.6 is 11.3 Å². The molecule has 1 aromatic carbocycles. The Labute approximate surface area is 121 Å². The van der Waals surface area contributed by atoms with Crippen LogP contribution in [0.3, 0.4) is 0 Å². The lowest BCUT2D eigenvalue weighted by Gasteiger charge is -2.03. The summed E-state index contributed by atoms with van der Waals surface area (Å²) in [5.41, 5.74) is 7.50. The summed E-state index contributed by atoms with van der Waals surface area (Å²) in [4.78, 5) is 16.0. The maximum atomic E-state index is 11.7. The first-order chi connectivity index (χ1) is 9.51. The van der Waals surface area contributed by atoms with Crippen LogP contribution in [0.5, 0.6) is 5.75 Å². The molecule has 0 unspecified atom stereocenters. The molecule has 0 radical (unpaired) electrons. The predicted molar refractivity (Wildman–Crippen MR) is 82.0 cm³/mol. The van der Waals surface area contributed by atoms with E-state index in [-0.39, 0.29) is 11.8 Å². The average molecular weight is 291 g/mol. The molecule has 6 heteroatoms. The average Bonchev–Trinajstić information content (AvgIpc) is 2.79. The van der Waals surface area contributed by atoms with Gasteiger partial charge in [0.1, 0.15) is 16.4 Å². The van der Waals surface area contributed by atoms with Crippen molar-refractivity contribution in [3.05, 3.63) is 24.3 Å². The molecule has 3 N–H and O–H groups in total. The van der Waals surface area contributed by atoms with Crippen molar-refractivity contribution in [1.29, 1.82) is 0 Å². The Bertz CT molecular complexity index is 623. The van der Waals surface area contributed by atoms with Crippen LogP contribution in [0.2, 0.25) is 0 Å². The zero-order chi connectivity index (χ0) is 14.7. The zero-order valence-electron chi connectivity index (χ0n) is 11.6. The minimum absolute atomic E-state index is 0.0732. The smallest absolute Gasteiger partial charge is 0.228 e. The molecule has 106 valence electrons. The molecule has 0 atom stereocenters. The molecule has 0 bridgehead atoms. The number of aromatic nitrogens is 1. The van der Waals surface area contributed by atoms with E-state index in [2.05, 4.69) is 10.3 Å². The van der Waals surface area contributed by atoms with Crippen LogP contribution in [0.25, 0.3) is 11.3 Å². The summed E-state index contributed by atoms with van der Waals surface area (Å²) in [6, 6.07) is 7.49. The van der Waals surface area contributed by atoms with Gasteiger partial charge in [-0.05, 0) is 12.1 Å². The highest BCUT2D eigenvalue weighted by atomic mass is 32.1. The Balaban J connectivity index is 2.29. The Hall–Kier alpha value is -2.08. The molecule has 0 fully saturated rings. The SMILES string of the molecule is COc1cccc(-c2nc(NC(=O)C(C)C)sc2N)c1. The van der Waals surface area contributed by atoms with E-state index in [4.69, 9.17) is 10.5 Å². The van der Waals surface area contributed by atoms with Crippen molar-refractivity contribution < 1.29 is 9.53 Å². The number of anilines is 2. The van der Waals surface area contributed by atoms with Gasteiger partial charge in [-0.1, -0.05) is 37.3 Å². The number of thiazole rings is 1. The van der Waals surface area contributed by atoms with E-state index < -0.39 is 0 Å². The molecule has 0 aliphatic heterocycles. The summed E-state index contributed by atoms with van der Waals surface area (Å²) in [6.07, 6.45) is 0. The Morgan fingerprint density at radius 2 is 2.20 bits per heavy atom. The third kappa shape index (κ3) is 3.08. The molecule has 5 nitrogen and oxygen atoms in total. The number of amides is 1. The maximum absolute atomic E-state index is 11.7. The number of nitrogen functional groups attached to an aromatic ring is 1. The van der Waals surface area contributed by atoms with Crippen molar-refractivity contribution in [1.82, 2.24) is 4.98 Å². The maximum Gasteiger partial charge on any atom is 0.228 e. The second kappa shape index (κ2) is 5.92.